The van der Waals surface area contributed by atoms with Crippen LogP contribution in [-0.4, -0.2) is 99.0 Å². The number of carbonyl (C=O) groups excluding carboxylic acids is 3. The van der Waals surface area contributed by atoms with Gasteiger partial charge in [-0.2, -0.15) is 0 Å². The van der Waals surface area contributed by atoms with Crippen molar-refractivity contribution in [3.63, 3.8) is 0 Å². The van der Waals surface area contributed by atoms with Crippen molar-refractivity contribution < 1.29 is 52.9 Å². The maximum absolute atomic E-state index is 14.0. The monoisotopic (exact) mass is 1030 g/mol. The van der Waals surface area contributed by atoms with Crippen LogP contribution in [0, 0.1) is 0 Å². The summed E-state index contributed by atoms with van der Waals surface area (Å²) in [6.07, 6.45) is 0. The first kappa shape index (κ1) is 53.6. The first-order chi connectivity index (χ1) is 32.0. The highest BCUT2D eigenvalue weighted by molar-refractivity contribution is 9.10. The van der Waals surface area contributed by atoms with Gasteiger partial charge in [0.25, 0.3) is 17.7 Å². The zero-order valence-corrected chi connectivity index (χ0v) is 44.9. The van der Waals surface area contributed by atoms with Gasteiger partial charge in [-0.1, -0.05) is 59.8 Å². The molecule has 1 fully saturated rings. The molecule has 69 heavy (non-hydrogen) atoms. The molecule has 0 unspecified atom stereocenters. The van der Waals surface area contributed by atoms with Crippen LogP contribution >= 0.6 is 15.9 Å². The van der Waals surface area contributed by atoms with Gasteiger partial charge in [-0.3, -0.25) is 14.4 Å². The molecule has 4 aliphatic rings. The van der Waals surface area contributed by atoms with Gasteiger partial charge in [-0.25, -0.2) is 0 Å². The molecular formula is C52H69BBrN3O11Si. The van der Waals surface area contributed by atoms with E-state index in [4.69, 9.17) is 28.3 Å². The highest BCUT2D eigenvalue weighted by atomic mass is 79.9. The van der Waals surface area contributed by atoms with E-state index in [1.54, 1.807) is 81.1 Å². The summed E-state index contributed by atoms with van der Waals surface area (Å²) in [7, 11) is -2.28. The molecule has 1 saturated heterocycles. The Kier molecular flexibility index (Phi) is 16.0. The van der Waals surface area contributed by atoms with Gasteiger partial charge >= 0.3 is 7.12 Å². The minimum absolute atomic E-state index is 0.0694. The van der Waals surface area contributed by atoms with Gasteiger partial charge in [0.1, 0.15) is 37.1 Å². The summed E-state index contributed by atoms with van der Waals surface area (Å²) in [4.78, 5) is 38.8. The van der Waals surface area contributed by atoms with Crippen molar-refractivity contribution in [1.82, 2.24) is 10.6 Å². The molecule has 4 N–H and O–H groups in total. The minimum atomic E-state index is -1.69. The zero-order chi connectivity index (χ0) is 50.9. The summed E-state index contributed by atoms with van der Waals surface area (Å²) < 4.78 is 37.4. The molecule has 0 bridgehead atoms. The van der Waals surface area contributed by atoms with Gasteiger partial charge in [-0.05, 0) is 134 Å². The lowest BCUT2D eigenvalue weighted by molar-refractivity contribution is 0.00578. The van der Waals surface area contributed by atoms with Crippen molar-refractivity contribution in [2.24, 2.45) is 0 Å². The molecule has 4 aromatic rings. The Balaban J connectivity index is 0.000000217. The predicted octanol–water partition coefficient (Wildman–Crippen LogP) is 8.03. The van der Waals surface area contributed by atoms with Gasteiger partial charge in [0.05, 0.1) is 78.6 Å². The van der Waals surface area contributed by atoms with Crippen LogP contribution in [-0.2, 0) is 31.9 Å². The van der Waals surface area contributed by atoms with Crippen molar-refractivity contribution >= 4 is 60.0 Å². The number of rotatable bonds is 8. The standard InChI is InChI=1S/C31H46BNO6Si.C12H15NO3.C9H8BrNO2/c1-28(2,35)21-15-16-22-26(19-21)36-18-17-33(27(22)34)25-14-12-13-24(32-38-29(3,4)30(5,6)39-32)23(25)20-37-31(7,8)40(9,10)11;1-12(2,15)8-3-4-9-10(7-8)16-6-5-13-11(9)14;10-6-1-2-7-8(5-6)13-4-3-11-9(7)12/h12-16,19,35H,17-18,20H2,1-11H3;3-4,7,15H,5-6H2,1-2H3,(H,13,14);1-2,5H,3-4H2,(H,11,12). The normalized spacial score (nSPS) is 17.8. The van der Waals surface area contributed by atoms with Crippen LogP contribution in [0.1, 0.15) is 117 Å². The average molecular weight is 1030 g/mol. The Morgan fingerprint density at radius 3 is 1.70 bits per heavy atom. The van der Waals surface area contributed by atoms with E-state index in [-0.39, 0.29) is 22.9 Å². The summed E-state index contributed by atoms with van der Waals surface area (Å²) in [6, 6.07) is 21.7. The lowest BCUT2D eigenvalue weighted by atomic mass is 9.75. The van der Waals surface area contributed by atoms with E-state index in [1.165, 1.54) is 0 Å². The van der Waals surface area contributed by atoms with Gasteiger partial charge in [0.15, 0.2) is 0 Å². The van der Waals surface area contributed by atoms with Gasteiger partial charge < -0.3 is 54.0 Å². The number of halogens is 1. The number of anilines is 1. The fourth-order valence-electron chi connectivity index (χ4n) is 7.44. The predicted molar refractivity (Wildman–Crippen MR) is 275 cm³/mol. The molecule has 4 heterocycles. The Hall–Kier alpha value is -4.75. The van der Waals surface area contributed by atoms with Gasteiger partial charge in [-0.15, -0.1) is 0 Å². The van der Waals surface area contributed by atoms with Crippen molar-refractivity contribution in [2.75, 3.05) is 44.4 Å². The maximum Gasteiger partial charge on any atom is 0.495 e. The molecule has 0 aliphatic carbocycles. The Morgan fingerprint density at radius 1 is 0.696 bits per heavy atom. The number of hydrogen-bond acceptors (Lipinski definition) is 11. The summed E-state index contributed by atoms with van der Waals surface area (Å²) in [5, 5.41) is 25.5. The molecule has 3 amide bonds. The maximum atomic E-state index is 14.0. The van der Waals surface area contributed by atoms with E-state index >= 15 is 0 Å². The Labute approximate surface area is 417 Å². The quantitative estimate of drug-likeness (QED) is 0.126. The van der Waals surface area contributed by atoms with Crippen molar-refractivity contribution in [3.8, 4) is 17.2 Å². The summed E-state index contributed by atoms with van der Waals surface area (Å²) in [5.41, 5.74) is 2.51. The molecule has 0 aromatic heterocycles. The molecule has 4 aliphatic heterocycles. The number of fused-ring (bicyclic) bond motifs is 3. The molecule has 17 heteroatoms. The number of ether oxygens (including phenoxy) is 4. The third-order valence-electron chi connectivity index (χ3n) is 13.5. The lowest BCUT2D eigenvalue weighted by Crippen LogP contribution is -2.50. The van der Waals surface area contributed by atoms with Gasteiger partial charge in [0.2, 0.25) is 0 Å². The second-order valence-electron chi connectivity index (χ2n) is 21.2. The second-order valence-corrected chi connectivity index (χ2v) is 27.8. The number of amides is 3. The molecule has 14 nitrogen and oxygen atoms in total. The van der Waals surface area contributed by atoms with E-state index in [0.29, 0.717) is 85.6 Å². The van der Waals surface area contributed by atoms with Crippen LogP contribution < -0.4 is 35.2 Å². The molecule has 372 valence electrons. The van der Waals surface area contributed by atoms with Crippen LogP contribution in [0.5, 0.6) is 17.2 Å². The third-order valence-corrected chi connectivity index (χ3v) is 17.8. The van der Waals surface area contributed by atoms with Crippen molar-refractivity contribution in [3.05, 3.63) is 111 Å². The van der Waals surface area contributed by atoms with E-state index in [9.17, 15) is 24.6 Å². The molecular weight excluding hydrogens is 961 g/mol. The SMILES string of the molecule is CC(C)(O)c1ccc2c(c1)OCCN(c1cccc(B3OC(C)(C)C(C)(C)O3)c1COC(C)(C)[Si](C)(C)C)C2=O.CC(C)(O)c1ccc2c(c1)OCCNC2=O.O=C1NCCOc2cc(Br)ccc21. The van der Waals surface area contributed by atoms with Crippen molar-refractivity contribution in [1.29, 1.82) is 0 Å². The van der Waals surface area contributed by atoms with Crippen LogP contribution in [0.4, 0.5) is 5.69 Å². The van der Waals surface area contributed by atoms with Crippen LogP contribution in [0.3, 0.4) is 0 Å². The zero-order valence-electron chi connectivity index (χ0n) is 42.3. The van der Waals surface area contributed by atoms with E-state index in [2.05, 4.69) is 60.1 Å². The number of nitrogens with zero attached hydrogens (tertiary/aromatic N) is 1. The topological polar surface area (TPSA) is 174 Å². The van der Waals surface area contributed by atoms with Crippen LogP contribution in [0.15, 0.2) is 77.3 Å². The van der Waals surface area contributed by atoms with Crippen molar-refractivity contribution in [2.45, 2.75) is 123 Å². The highest BCUT2D eigenvalue weighted by Crippen LogP contribution is 2.39. The fourth-order valence-corrected chi connectivity index (χ4v) is 8.28. The largest absolute Gasteiger partial charge is 0.495 e. The molecule has 0 spiro atoms. The number of hydrogen-bond donors (Lipinski definition) is 4. The van der Waals surface area contributed by atoms with Gasteiger partial charge in [0, 0.05) is 15.7 Å². The molecule has 4 aromatic carbocycles. The van der Waals surface area contributed by atoms with E-state index < -0.39 is 37.6 Å². The second kappa shape index (κ2) is 20.5. The summed E-state index contributed by atoms with van der Waals surface area (Å²) >= 11 is 3.32. The minimum Gasteiger partial charge on any atom is -0.491 e. The van der Waals surface area contributed by atoms with Crippen LogP contribution in [0.2, 0.25) is 19.6 Å². The molecule has 0 saturated carbocycles. The number of nitrogens with one attached hydrogen (secondary N) is 2. The summed E-state index contributed by atoms with van der Waals surface area (Å²) in [6.45, 7) is 29.2. The summed E-state index contributed by atoms with van der Waals surface area (Å²) in [5.74, 6) is 1.30. The number of carbonyl (C=O) groups is 3. The average Bonchev–Trinajstić information content (AvgIpc) is 3.50. The number of benzene rings is 4. The van der Waals surface area contributed by atoms with E-state index in [1.807, 2.05) is 52.0 Å². The highest BCUT2D eigenvalue weighted by Gasteiger charge is 2.52. The molecule has 0 radical (unpaired) electrons. The number of aliphatic hydroxyl groups is 2. The third kappa shape index (κ3) is 12.4. The Morgan fingerprint density at radius 2 is 1.17 bits per heavy atom. The first-order valence-electron chi connectivity index (χ1n) is 23.4. The fraction of sp³-hybridized carbons (Fsp3) is 0.481. The molecule has 8 rings (SSSR count). The van der Waals surface area contributed by atoms with E-state index in [0.717, 1.165) is 26.7 Å². The lowest BCUT2D eigenvalue weighted by Gasteiger charge is -2.38. The smallest absolute Gasteiger partial charge is 0.491 e. The first-order valence-corrected chi connectivity index (χ1v) is 27.7. The molecule has 0 atom stereocenters. The van der Waals surface area contributed by atoms with Crippen LogP contribution in [0.25, 0.3) is 0 Å². The Bertz CT molecular complexity index is 2530.